The van der Waals surface area contributed by atoms with Gasteiger partial charge in [-0.2, -0.15) is 0 Å². The quantitative estimate of drug-likeness (QED) is 0.706. The first kappa shape index (κ1) is 16.6. The molecule has 1 aromatic heterocycles. The maximum atomic E-state index is 12.4. The molecule has 1 amide bonds. The fraction of sp³-hybridized carbons (Fsp3) is 0.333. The molecule has 0 unspecified atom stereocenters. The third-order valence-electron chi connectivity index (χ3n) is 5.02. The van der Waals surface area contributed by atoms with Gasteiger partial charge in [0.05, 0.1) is 30.4 Å². The van der Waals surface area contributed by atoms with Gasteiger partial charge in [0.15, 0.2) is 0 Å². The number of hydrogen-bond acceptors (Lipinski definition) is 3. The Bertz CT molecular complexity index is 867. The van der Waals surface area contributed by atoms with E-state index in [0.29, 0.717) is 19.1 Å². The van der Waals surface area contributed by atoms with Crippen LogP contribution in [0.3, 0.4) is 0 Å². The second kappa shape index (κ2) is 7.60. The van der Waals surface area contributed by atoms with Gasteiger partial charge in [0.1, 0.15) is 5.75 Å². The molecule has 0 radical (unpaired) electrons. The van der Waals surface area contributed by atoms with Crippen molar-refractivity contribution in [2.75, 3.05) is 19.7 Å². The summed E-state index contributed by atoms with van der Waals surface area (Å²) < 4.78 is 7.90. The Morgan fingerprint density at radius 2 is 1.77 bits per heavy atom. The third kappa shape index (κ3) is 3.57. The zero-order valence-electron chi connectivity index (χ0n) is 14.8. The average molecular weight is 349 g/mol. The number of rotatable bonds is 5. The Labute approximate surface area is 153 Å². The van der Waals surface area contributed by atoms with Gasteiger partial charge in [-0.05, 0) is 37.1 Å². The summed E-state index contributed by atoms with van der Waals surface area (Å²) in [4.78, 5) is 18.9. The van der Waals surface area contributed by atoms with Crippen LogP contribution in [0.1, 0.15) is 25.3 Å². The van der Waals surface area contributed by atoms with Crippen molar-refractivity contribution in [1.29, 1.82) is 0 Å². The molecule has 5 nitrogen and oxygen atoms in total. The summed E-state index contributed by atoms with van der Waals surface area (Å²) in [7, 11) is 0. The van der Waals surface area contributed by atoms with E-state index in [2.05, 4.69) is 15.6 Å². The van der Waals surface area contributed by atoms with Gasteiger partial charge in [0, 0.05) is 19.1 Å². The molecule has 0 atom stereocenters. The minimum absolute atomic E-state index is 0.176. The molecule has 1 aliphatic heterocycles. The van der Waals surface area contributed by atoms with Crippen molar-refractivity contribution in [3.8, 4) is 5.75 Å². The van der Waals surface area contributed by atoms with Crippen LogP contribution in [-0.4, -0.2) is 40.1 Å². The normalized spacial score (nSPS) is 15.3. The third-order valence-corrected chi connectivity index (χ3v) is 5.02. The zero-order valence-corrected chi connectivity index (χ0v) is 14.8. The van der Waals surface area contributed by atoms with Crippen LogP contribution in [0.2, 0.25) is 0 Å². The van der Waals surface area contributed by atoms with E-state index in [1.54, 1.807) is 0 Å². The van der Waals surface area contributed by atoms with Gasteiger partial charge < -0.3 is 14.2 Å². The topological polar surface area (TPSA) is 47.4 Å². The molecular formula is C21H23N3O2. The van der Waals surface area contributed by atoms with Gasteiger partial charge >= 0.3 is 0 Å². The second-order valence-corrected chi connectivity index (χ2v) is 6.66. The van der Waals surface area contributed by atoms with Crippen molar-refractivity contribution in [2.45, 2.75) is 25.3 Å². The van der Waals surface area contributed by atoms with Gasteiger partial charge in [-0.1, -0.05) is 30.3 Å². The maximum absolute atomic E-state index is 12.4. The van der Waals surface area contributed by atoms with E-state index in [1.807, 2.05) is 59.8 Å². The van der Waals surface area contributed by atoms with E-state index in [1.165, 1.54) is 5.52 Å². The van der Waals surface area contributed by atoms with Gasteiger partial charge in [-0.25, -0.2) is 4.98 Å². The van der Waals surface area contributed by atoms with Crippen LogP contribution < -0.4 is 4.74 Å². The molecule has 0 N–H and O–H groups in total. The number of ether oxygens (including phenoxy) is 1. The molecule has 1 fully saturated rings. The number of likely N-dealkylation sites (tertiary alicyclic amines) is 1. The fourth-order valence-electron chi connectivity index (χ4n) is 3.59. The van der Waals surface area contributed by atoms with E-state index < -0.39 is 0 Å². The molecule has 2 heterocycles. The number of piperidine rings is 1. The summed E-state index contributed by atoms with van der Waals surface area (Å²) in [6.45, 7) is 2.01. The highest BCUT2D eigenvalue weighted by molar-refractivity contribution is 5.76. The SMILES string of the molecule is O=C(CCOc1ccccc1)N1CCC(n2cnc3ccccc32)CC1. The van der Waals surface area contributed by atoms with Crippen molar-refractivity contribution in [2.24, 2.45) is 0 Å². The Morgan fingerprint density at radius 1 is 1.04 bits per heavy atom. The van der Waals surface area contributed by atoms with E-state index in [-0.39, 0.29) is 5.91 Å². The fourth-order valence-corrected chi connectivity index (χ4v) is 3.59. The molecule has 0 aliphatic carbocycles. The van der Waals surface area contributed by atoms with Gasteiger partial charge in [0.2, 0.25) is 5.91 Å². The van der Waals surface area contributed by atoms with Crippen LogP contribution in [0, 0.1) is 0 Å². The lowest BCUT2D eigenvalue weighted by Gasteiger charge is -2.33. The Morgan fingerprint density at radius 3 is 2.58 bits per heavy atom. The van der Waals surface area contributed by atoms with Crippen LogP contribution in [0.4, 0.5) is 0 Å². The van der Waals surface area contributed by atoms with Crippen molar-refractivity contribution in [3.05, 3.63) is 60.9 Å². The Kier molecular flexibility index (Phi) is 4.86. The molecule has 5 heteroatoms. The molecule has 3 aromatic rings. The largest absolute Gasteiger partial charge is 0.493 e. The summed E-state index contributed by atoms with van der Waals surface area (Å²) in [5.41, 5.74) is 2.21. The minimum Gasteiger partial charge on any atom is -0.493 e. The van der Waals surface area contributed by atoms with Crippen molar-refractivity contribution in [3.63, 3.8) is 0 Å². The highest BCUT2D eigenvalue weighted by Gasteiger charge is 2.24. The Balaban J connectivity index is 1.28. The number of nitrogens with zero attached hydrogens (tertiary/aromatic N) is 3. The summed E-state index contributed by atoms with van der Waals surface area (Å²) in [6, 6.07) is 18.3. The smallest absolute Gasteiger partial charge is 0.225 e. The van der Waals surface area contributed by atoms with Gasteiger partial charge in [-0.3, -0.25) is 4.79 Å². The molecule has 1 aliphatic rings. The van der Waals surface area contributed by atoms with Crippen molar-refractivity contribution < 1.29 is 9.53 Å². The summed E-state index contributed by atoms with van der Waals surface area (Å²) in [5, 5.41) is 0. The van der Waals surface area contributed by atoms with E-state index >= 15 is 0 Å². The van der Waals surface area contributed by atoms with Crippen molar-refractivity contribution >= 4 is 16.9 Å². The molecular weight excluding hydrogens is 326 g/mol. The van der Waals surface area contributed by atoms with Gasteiger partial charge in [-0.15, -0.1) is 0 Å². The first-order valence-electron chi connectivity index (χ1n) is 9.18. The highest BCUT2D eigenvalue weighted by atomic mass is 16.5. The molecule has 0 bridgehead atoms. The number of fused-ring (bicyclic) bond motifs is 1. The molecule has 0 saturated carbocycles. The molecule has 4 rings (SSSR count). The molecule has 0 spiro atoms. The van der Waals surface area contributed by atoms with Crippen LogP contribution >= 0.6 is 0 Å². The second-order valence-electron chi connectivity index (χ2n) is 6.66. The standard InChI is InChI=1S/C21H23N3O2/c25-21(12-15-26-18-6-2-1-3-7-18)23-13-10-17(11-14-23)24-16-22-19-8-4-5-9-20(19)24/h1-9,16-17H,10-15H2. The maximum Gasteiger partial charge on any atom is 0.225 e. The summed E-state index contributed by atoms with van der Waals surface area (Å²) in [6.07, 6.45) is 4.28. The number of carbonyl (C=O) groups excluding carboxylic acids is 1. The van der Waals surface area contributed by atoms with E-state index in [0.717, 1.165) is 37.2 Å². The zero-order chi connectivity index (χ0) is 17.8. The van der Waals surface area contributed by atoms with Gasteiger partial charge in [0.25, 0.3) is 0 Å². The number of carbonyl (C=O) groups is 1. The van der Waals surface area contributed by atoms with Crippen LogP contribution in [0.15, 0.2) is 60.9 Å². The summed E-state index contributed by atoms with van der Waals surface area (Å²) >= 11 is 0. The number of para-hydroxylation sites is 3. The molecule has 1 saturated heterocycles. The Hall–Kier alpha value is -2.82. The number of imidazole rings is 1. The highest BCUT2D eigenvalue weighted by Crippen LogP contribution is 2.26. The van der Waals surface area contributed by atoms with E-state index in [9.17, 15) is 4.79 Å². The minimum atomic E-state index is 0.176. The van der Waals surface area contributed by atoms with Crippen LogP contribution in [0.5, 0.6) is 5.75 Å². The molecule has 134 valence electrons. The average Bonchev–Trinajstić information content (AvgIpc) is 3.13. The number of hydrogen-bond donors (Lipinski definition) is 0. The monoisotopic (exact) mass is 349 g/mol. The first-order valence-corrected chi connectivity index (χ1v) is 9.18. The predicted molar refractivity (Wildman–Crippen MR) is 101 cm³/mol. The molecule has 26 heavy (non-hydrogen) atoms. The van der Waals surface area contributed by atoms with E-state index in [4.69, 9.17) is 4.74 Å². The summed E-state index contributed by atoms with van der Waals surface area (Å²) in [5.74, 6) is 0.987. The number of benzene rings is 2. The lowest BCUT2D eigenvalue weighted by atomic mass is 10.0. The van der Waals surface area contributed by atoms with Crippen LogP contribution in [0.25, 0.3) is 11.0 Å². The predicted octanol–water partition coefficient (Wildman–Crippen LogP) is 3.67. The first-order chi connectivity index (χ1) is 12.8. The number of aromatic nitrogens is 2. The lowest BCUT2D eigenvalue weighted by Crippen LogP contribution is -2.39. The molecule has 2 aromatic carbocycles. The lowest BCUT2D eigenvalue weighted by molar-refractivity contribution is -0.133. The van der Waals surface area contributed by atoms with Crippen molar-refractivity contribution in [1.82, 2.24) is 14.5 Å². The number of amides is 1. The van der Waals surface area contributed by atoms with Crippen LogP contribution in [-0.2, 0) is 4.79 Å².